The molecule has 0 radical (unpaired) electrons. The van der Waals surface area contributed by atoms with Crippen LogP contribution < -0.4 is 16.0 Å². The van der Waals surface area contributed by atoms with Gasteiger partial charge in [0.1, 0.15) is 23.1 Å². The molecule has 0 aliphatic heterocycles. The topological polar surface area (TPSA) is 117 Å². The Hall–Kier alpha value is -3.88. The molecule has 30 heavy (non-hydrogen) atoms. The molecule has 1 fully saturated rings. The number of nitrogens with one attached hydrogen (secondary N) is 4. The van der Waals surface area contributed by atoms with Gasteiger partial charge in [0.05, 0.1) is 12.2 Å². The molecule has 0 unspecified atom stereocenters. The van der Waals surface area contributed by atoms with Crippen molar-refractivity contribution in [2.24, 2.45) is 0 Å². The van der Waals surface area contributed by atoms with Crippen LogP contribution >= 0.6 is 0 Å². The summed E-state index contributed by atoms with van der Waals surface area (Å²) < 4.78 is 5.44. The van der Waals surface area contributed by atoms with Gasteiger partial charge in [-0.1, -0.05) is 35.5 Å². The fourth-order valence-corrected chi connectivity index (χ4v) is 3.15. The van der Waals surface area contributed by atoms with E-state index in [-0.39, 0.29) is 0 Å². The Morgan fingerprint density at radius 1 is 1.07 bits per heavy atom. The molecule has 0 amide bonds. The van der Waals surface area contributed by atoms with Crippen molar-refractivity contribution in [3.05, 3.63) is 60.0 Å². The molecule has 9 nitrogen and oxygen atoms in total. The molecular weight excluding hydrogens is 380 g/mol. The summed E-state index contributed by atoms with van der Waals surface area (Å²) >= 11 is 0. The molecule has 1 aliphatic rings. The van der Waals surface area contributed by atoms with E-state index in [1.165, 1.54) is 12.8 Å². The maximum Gasteiger partial charge on any atom is 0.227 e. The van der Waals surface area contributed by atoms with Gasteiger partial charge in [0, 0.05) is 36.7 Å². The normalized spacial score (nSPS) is 13.2. The Balaban J connectivity index is 1.28. The summed E-state index contributed by atoms with van der Waals surface area (Å²) in [5, 5.41) is 21.0. The van der Waals surface area contributed by atoms with Gasteiger partial charge in [0.25, 0.3) is 0 Å². The van der Waals surface area contributed by atoms with Crippen molar-refractivity contribution in [1.82, 2.24) is 25.3 Å². The smallest absolute Gasteiger partial charge is 0.227 e. The molecule has 9 heteroatoms. The Kier molecular flexibility index (Phi) is 4.76. The lowest BCUT2D eigenvalue weighted by molar-refractivity contribution is 0.390. The highest BCUT2D eigenvalue weighted by Gasteiger charge is 2.26. The van der Waals surface area contributed by atoms with Crippen LogP contribution in [0.3, 0.4) is 0 Å². The van der Waals surface area contributed by atoms with Gasteiger partial charge >= 0.3 is 0 Å². The second-order valence-electron chi connectivity index (χ2n) is 7.22. The molecular formula is C21H22N8O. The van der Waals surface area contributed by atoms with Crippen molar-refractivity contribution in [2.45, 2.75) is 25.3 Å². The highest BCUT2D eigenvalue weighted by Crippen LogP contribution is 2.39. The molecule has 0 atom stereocenters. The lowest BCUT2D eigenvalue weighted by Crippen LogP contribution is -2.07. The molecule has 0 spiro atoms. The zero-order valence-electron chi connectivity index (χ0n) is 16.5. The summed E-state index contributed by atoms with van der Waals surface area (Å²) in [5.74, 6) is 3.93. The van der Waals surface area contributed by atoms with E-state index in [1.54, 1.807) is 0 Å². The minimum atomic E-state index is 0.419. The van der Waals surface area contributed by atoms with E-state index in [1.807, 2.05) is 55.6 Å². The average Bonchev–Trinajstić information content (AvgIpc) is 3.34. The van der Waals surface area contributed by atoms with Crippen molar-refractivity contribution < 1.29 is 4.52 Å². The van der Waals surface area contributed by atoms with E-state index in [0.29, 0.717) is 35.8 Å². The predicted octanol–water partition coefficient (Wildman–Crippen LogP) is 4.13. The third-order valence-electron chi connectivity index (χ3n) is 4.89. The monoisotopic (exact) mass is 402 g/mol. The van der Waals surface area contributed by atoms with Crippen LogP contribution in [0.15, 0.2) is 53.1 Å². The molecule has 0 saturated heterocycles. The Labute approximate surface area is 173 Å². The molecule has 4 N–H and O–H groups in total. The maximum atomic E-state index is 5.44. The minimum Gasteiger partial charge on any atom is -0.373 e. The first-order chi connectivity index (χ1) is 14.8. The average molecular weight is 402 g/mol. The summed E-state index contributed by atoms with van der Waals surface area (Å²) in [6.45, 7) is 0.419. The third-order valence-corrected chi connectivity index (χ3v) is 4.89. The quantitative estimate of drug-likeness (QED) is 0.348. The van der Waals surface area contributed by atoms with Gasteiger partial charge in [-0.2, -0.15) is 15.1 Å². The molecule has 4 aromatic rings. The third kappa shape index (κ3) is 4.09. The van der Waals surface area contributed by atoms with Gasteiger partial charge in [-0.25, -0.2) is 0 Å². The van der Waals surface area contributed by atoms with E-state index >= 15 is 0 Å². The number of aromatic amines is 1. The predicted molar refractivity (Wildman–Crippen MR) is 115 cm³/mol. The van der Waals surface area contributed by atoms with E-state index in [2.05, 4.69) is 41.3 Å². The summed E-state index contributed by atoms with van der Waals surface area (Å²) in [4.78, 5) is 9.00. The maximum absolute atomic E-state index is 5.44. The van der Waals surface area contributed by atoms with Crippen LogP contribution in [0.1, 0.15) is 30.2 Å². The second kappa shape index (κ2) is 7.86. The summed E-state index contributed by atoms with van der Waals surface area (Å²) in [7, 11) is 1.82. The first kappa shape index (κ1) is 18.2. The molecule has 1 aromatic carbocycles. The molecule has 3 aromatic heterocycles. The first-order valence-corrected chi connectivity index (χ1v) is 9.91. The van der Waals surface area contributed by atoms with E-state index in [9.17, 15) is 0 Å². The van der Waals surface area contributed by atoms with Crippen LogP contribution in [0.5, 0.6) is 0 Å². The lowest BCUT2D eigenvalue weighted by Gasteiger charge is -2.09. The first-order valence-electron chi connectivity index (χ1n) is 9.91. The van der Waals surface area contributed by atoms with Crippen molar-refractivity contribution in [1.29, 1.82) is 0 Å². The van der Waals surface area contributed by atoms with Gasteiger partial charge in [0.15, 0.2) is 5.76 Å². The van der Waals surface area contributed by atoms with Gasteiger partial charge in [0.2, 0.25) is 5.95 Å². The van der Waals surface area contributed by atoms with Gasteiger partial charge in [-0.15, -0.1) is 0 Å². The standard InChI is InChI=1S/C21H22N8O/c1-22-18-11-19(24-20-10-16(27-28-20)14-7-8-14)26-21(25-18)23-12-15-9-17(29-30-15)13-5-3-2-4-6-13/h2-6,9-11,14H,7-8,12H2,1H3,(H4,22,23,24,25,26,27,28). The number of anilines is 4. The lowest BCUT2D eigenvalue weighted by atomic mass is 10.1. The highest BCUT2D eigenvalue weighted by atomic mass is 16.5. The highest BCUT2D eigenvalue weighted by molar-refractivity contribution is 5.60. The van der Waals surface area contributed by atoms with Crippen molar-refractivity contribution >= 4 is 23.4 Å². The minimum absolute atomic E-state index is 0.419. The number of rotatable bonds is 8. The second-order valence-corrected chi connectivity index (χ2v) is 7.22. The number of benzene rings is 1. The van der Waals surface area contributed by atoms with Gasteiger partial charge in [-0.3, -0.25) is 5.10 Å². The zero-order chi connectivity index (χ0) is 20.3. The molecule has 152 valence electrons. The van der Waals surface area contributed by atoms with Gasteiger partial charge < -0.3 is 20.5 Å². The molecule has 5 rings (SSSR count). The zero-order valence-corrected chi connectivity index (χ0v) is 16.5. The van der Waals surface area contributed by atoms with E-state index in [0.717, 1.165) is 22.8 Å². The number of H-pyrrole nitrogens is 1. The Bertz CT molecular complexity index is 1130. The van der Waals surface area contributed by atoms with E-state index in [4.69, 9.17) is 4.52 Å². The number of hydrogen-bond donors (Lipinski definition) is 4. The number of aromatic nitrogens is 5. The van der Waals surface area contributed by atoms with Crippen LogP contribution in [0.25, 0.3) is 11.3 Å². The van der Waals surface area contributed by atoms with Crippen LogP contribution in [-0.4, -0.2) is 32.4 Å². The molecule has 1 aliphatic carbocycles. The fraction of sp³-hybridized carbons (Fsp3) is 0.238. The summed E-state index contributed by atoms with van der Waals surface area (Å²) in [5.41, 5.74) is 2.90. The molecule has 1 saturated carbocycles. The summed E-state index contributed by atoms with van der Waals surface area (Å²) in [6.07, 6.45) is 2.42. The SMILES string of the molecule is CNc1cc(Nc2cc(C3CC3)n[nH]2)nc(NCc2cc(-c3ccccc3)no2)n1. The van der Waals surface area contributed by atoms with Gasteiger partial charge in [-0.05, 0) is 12.8 Å². The fourth-order valence-electron chi connectivity index (χ4n) is 3.15. The van der Waals surface area contributed by atoms with Crippen LogP contribution in [-0.2, 0) is 6.54 Å². The molecule has 3 heterocycles. The van der Waals surface area contributed by atoms with E-state index < -0.39 is 0 Å². The van der Waals surface area contributed by atoms with Crippen LogP contribution in [0.2, 0.25) is 0 Å². The van der Waals surface area contributed by atoms with Crippen LogP contribution in [0.4, 0.5) is 23.4 Å². The summed E-state index contributed by atoms with van der Waals surface area (Å²) in [6, 6.07) is 15.7. The number of hydrogen-bond acceptors (Lipinski definition) is 8. The van der Waals surface area contributed by atoms with Crippen molar-refractivity contribution in [2.75, 3.05) is 23.0 Å². The van der Waals surface area contributed by atoms with Crippen molar-refractivity contribution in [3.63, 3.8) is 0 Å². The largest absolute Gasteiger partial charge is 0.373 e. The number of nitrogens with zero attached hydrogens (tertiary/aromatic N) is 4. The van der Waals surface area contributed by atoms with Crippen LogP contribution in [0, 0.1) is 0 Å². The Morgan fingerprint density at radius 3 is 2.70 bits per heavy atom. The van der Waals surface area contributed by atoms with Crippen molar-refractivity contribution in [3.8, 4) is 11.3 Å². The Morgan fingerprint density at radius 2 is 1.90 bits per heavy atom. The molecule has 0 bridgehead atoms.